The molecule has 0 bridgehead atoms. The monoisotopic (exact) mass is 679 g/mol. The maximum absolute atomic E-state index is 12.0. The lowest BCUT2D eigenvalue weighted by Gasteiger charge is -2.15. The Morgan fingerprint density at radius 3 is 1.68 bits per heavy atom. The fourth-order valence-corrected chi connectivity index (χ4v) is 4.81. The Labute approximate surface area is 284 Å². The van der Waals surface area contributed by atoms with Gasteiger partial charge in [-0.25, -0.2) is 4.57 Å². The molecule has 0 aliphatic heterocycles. The Balaban J connectivity index is 3.75. The molecule has 0 rings (SSSR count). The van der Waals surface area contributed by atoms with Crippen molar-refractivity contribution in [2.75, 3.05) is 26.4 Å². The molecule has 0 aliphatic rings. The summed E-state index contributed by atoms with van der Waals surface area (Å²) >= 11 is 0. The van der Waals surface area contributed by atoms with E-state index in [0.29, 0.717) is 12.8 Å². The maximum Gasteiger partial charge on any atom is 0.472 e. The van der Waals surface area contributed by atoms with Crippen LogP contribution in [0.1, 0.15) is 117 Å². The van der Waals surface area contributed by atoms with Crippen molar-refractivity contribution >= 4 is 19.7 Å². The number of carbonyl (C=O) groups excluding carboxylic acids is 2. The van der Waals surface area contributed by atoms with Crippen molar-refractivity contribution in [3.05, 3.63) is 72.9 Å². The van der Waals surface area contributed by atoms with Crippen LogP contribution in [-0.4, -0.2) is 54.3 Å². The molecule has 2 unspecified atom stereocenters. The standard InChI is InChI=1S/C37H62NO8P/c1-3-5-7-9-11-13-15-17-19-21-23-25-27-29-36(40)38-31-32-45-47(42,43)46-34-35(39)33-44-37(41)30-28-26-24-22-20-18-16-14-12-10-8-6-4-2/h5-8,11-14,17-20,35,39H,3-4,9-10,15-16,21-34H2,1-2H3,(H,38,40)(H,42,43)/b7-5-,8-6-,13-11-,14-12-,19-17-,20-18-. The summed E-state index contributed by atoms with van der Waals surface area (Å²) in [5.41, 5.74) is 0. The smallest absolute Gasteiger partial charge is 0.463 e. The highest BCUT2D eigenvalue weighted by molar-refractivity contribution is 7.47. The molecule has 0 radical (unpaired) electrons. The molecule has 1 amide bonds. The summed E-state index contributed by atoms with van der Waals surface area (Å²) < 4.78 is 26.7. The molecule has 268 valence electrons. The number of carbonyl (C=O) groups is 2. The number of amides is 1. The zero-order valence-corrected chi connectivity index (χ0v) is 29.8. The predicted octanol–water partition coefficient (Wildman–Crippen LogP) is 8.76. The molecule has 0 spiro atoms. The van der Waals surface area contributed by atoms with Crippen LogP contribution in [0.2, 0.25) is 0 Å². The van der Waals surface area contributed by atoms with E-state index >= 15 is 0 Å². The predicted molar refractivity (Wildman–Crippen MR) is 192 cm³/mol. The molecule has 0 saturated heterocycles. The Hall–Kier alpha value is -2.55. The van der Waals surface area contributed by atoms with Gasteiger partial charge < -0.3 is 20.1 Å². The highest BCUT2D eigenvalue weighted by Crippen LogP contribution is 2.42. The number of nitrogens with one attached hydrogen (secondary N) is 1. The number of phosphoric acid groups is 1. The van der Waals surface area contributed by atoms with Crippen molar-refractivity contribution in [1.29, 1.82) is 0 Å². The second-order valence-corrected chi connectivity index (χ2v) is 12.5. The molecular weight excluding hydrogens is 617 g/mol. The lowest BCUT2D eigenvalue weighted by molar-refractivity contribution is -0.147. The average Bonchev–Trinajstić information content (AvgIpc) is 3.05. The Kier molecular flexibility index (Phi) is 31.5. The molecule has 2 atom stereocenters. The van der Waals surface area contributed by atoms with E-state index in [4.69, 9.17) is 13.8 Å². The van der Waals surface area contributed by atoms with Crippen molar-refractivity contribution in [3.63, 3.8) is 0 Å². The SMILES string of the molecule is CC/C=C\C/C=C\C/C=C\CCCCCC(=O)NCCOP(=O)(O)OCC(O)COC(=O)CCCCC/C=C\C/C=C\C/C=C\CC. The second-order valence-electron chi connectivity index (χ2n) is 11.1. The third-order valence-corrected chi connectivity index (χ3v) is 7.62. The van der Waals surface area contributed by atoms with Gasteiger partial charge in [-0.1, -0.05) is 99.6 Å². The first-order valence-electron chi connectivity index (χ1n) is 17.4. The Bertz CT molecular complexity index is 1000. The van der Waals surface area contributed by atoms with E-state index in [1.165, 1.54) is 0 Å². The molecule has 0 fully saturated rings. The van der Waals surface area contributed by atoms with Crippen LogP contribution < -0.4 is 5.32 Å². The molecule has 9 nitrogen and oxygen atoms in total. The summed E-state index contributed by atoms with van der Waals surface area (Å²) in [6, 6.07) is 0. The number of allylic oxidation sites excluding steroid dienone is 12. The normalized spacial score (nSPS) is 14.4. The molecule has 0 heterocycles. The van der Waals surface area contributed by atoms with Gasteiger partial charge in [-0.3, -0.25) is 18.6 Å². The van der Waals surface area contributed by atoms with E-state index < -0.39 is 26.5 Å². The first-order chi connectivity index (χ1) is 22.8. The summed E-state index contributed by atoms with van der Waals surface area (Å²) in [5.74, 6) is -0.587. The summed E-state index contributed by atoms with van der Waals surface area (Å²) in [4.78, 5) is 33.6. The molecule has 0 aromatic heterocycles. The third-order valence-electron chi connectivity index (χ3n) is 6.63. The van der Waals surface area contributed by atoms with E-state index in [-0.39, 0.29) is 32.1 Å². The fourth-order valence-electron chi connectivity index (χ4n) is 4.05. The van der Waals surface area contributed by atoms with Gasteiger partial charge >= 0.3 is 13.8 Å². The van der Waals surface area contributed by atoms with Crippen LogP contribution in [0.5, 0.6) is 0 Å². The van der Waals surface area contributed by atoms with Gasteiger partial charge in [0.15, 0.2) is 0 Å². The van der Waals surface area contributed by atoms with Gasteiger partial charge in [0.2, 0.25) is 5.91 Å². The third kappa shape index (κ3) is 34.6. The first-order valence-corrected chi connectivity index (χ1v) is 18.9. The largest absolute Gasteiger partial charge is 0.472 e. The van der Waals surface area contributed by atoms with Crippen LogP contribution in [0.25, 0.3) is 0 Å². The Morgan fingerprint density at radius 2 is 1.15 bits per heavy atom. The van der Waals surface area contributed by atoms with Crippen LogP contribution in [-0.2, 0) is 27.9 Å². The van der Waals surface area contributed by atoms with Gasteiger partial charge in [-0.15, -0.1) is 0 Å². The van der Waals surface area contributed by atoms with Crippen molar-refractivity contribution < 1.29 is 37.9 Å². The van der Waals surface area contributed by atoms with Crippen molar-refractivity contribution in [1.82, 2.24) is 5.32 Å². The molecular formula is C37H62NO8P. The van der Waals surface area contributed by atoms with E-state index in [0.717, 1.165) is 83.5 Å². The zero-order valence-electron chi connectivity index (χ0n) is 28.9. The van der Waals surface area contributed by atoms with Gasteiger partial charge in [0.05, 0.1) is 13.2 Å². The van der Waals surface area contributed by atoms with Gasteiger partial charge in [-0.05, 0) is 77.0 Å². The number of aliphatic hydroxyl groups is 1. The minimum atomic E-state index is -4.43. The summed E-state index contributed by atoms with van der Waals surface area (Å²) in [6.07, 6.45) is 38.4. The Morgan fingerprint density at radius 1 is 0.660 bits per heavy atom. The highest BCUT2D eigenvalue weighted by atomic mass is 31.2. The van der Waals surface area contributed by atoms with Crippen molar-refractivity contribution in [2.45, 2.75) is 123 Å². The number of rotatable bonds is 31. The molecule has 0 saturated carbocycles. The molecule has 3 N–H and O–H groups in total. The zero-order chi connectivity index (χ0) is 34.7. The lowest BCUT2D eigenvalue weighted by atomic mass is 10.1. The summed E-state index contributed by atoms with van der Waals surface area (Å²) in [7, 11) is -4.43. The van der Waals surface area contributed by atoms with Crippen LogP contribution in [0.15, 0.2) is 72.9 Å². The van der Waals surface area contributed by atoms with Gasteiger partial charge in [0.1, 0.15) is 12.7 Å². The molecule has 10 heteroatoms. The molecule has 0 aliphatic carbocycles. The van der Waals surface area contributed by atoms with Gasteiger partial charge in [0, 0.05) is 19.4 Å². The highest BCUT2D eigenvalue weighted by Gasteiger charge is 2.23. The number of phosphoric ester groups is 1. The van der Waals surface area contributed by atoms with E-state index in [1.54, 1.807) is 0 Å². The lowest BCUT2D eigenvalue weighted by Crippen LogP contribution is -2.27. The van der Waals surface area contributed by atoms with Crippen molar-refractivity contribution in [3.8, 4) is 0 Å². The summed E-state index contributed by atoms with van der Waals surface area (Å²) in [5, 5.41) is 12.6. The number of hydrogen-bond donors (Lipinski definition) is 3. The van der Waals surface area contributed by atoms with Crippen LogP contribution in [0.3, 0.4) is 0 Å². The minimum absolute atomic E-state index is 0.0578. The molecule has 0 aromatic carbocycles. The first kappa shape index (κ1) is 44.5. The van der Waals surface area contributed by atoms with Crippen molar-refractivity contribution in [2.24, 2.45) is 0 Å². The fraction of sp³-hybridized carbons (Fsp3) is 0.622. The number of hydrogen-bond acceptors (Lipinski definition) is 7. The quantitative estimate of drug-likeness (QED) is 0.0287. The maximum atomic E-state index is 12.0. The molecule has 0 aromatic rings. The van der Waals surface area contributed by atoms with Crippen LogP contribution in [0, 0.1) is 0 Å². The van der Waals surface area contributed by atoms with Crippen LogP contribution in [0.4, 0.5) is 0 Å². The number of esters is 1. The topological polar surface area (TPSA) is 131 Å². The van der Waals surface area contributed by atoms with E-state index in [9.17, 15) is 24.2 Å². The number of aliphatic hydroxyl groups excluding tert-OH is 1. The van der Waals surface area contributed by atoms with E-state index in [2.05, 4.69) is 92.1 Å². The van der Waals surface area contributed by atoms with Crippen LogP contribution >= 0.6 is 7.82 Å². The minimum Gasteiger partial charge on any atom is -0.463 e. The molecule has 47 heavy (non-hydrogen) atoms. The van der Waals surface area contributed by atoms with Gasteiger partial charge in [0.25, 0.3) is 0 Å². The number of unbranched alkanes of at least 4 members (excludes halogenated alkanes) is 6. The number of ether oxygens (including phenoxy) is 1. The van der Waals surface area contributed by atoms with E-state index in [1.807, 2.05) is 0 Å². The van der Waals surface area contributed by atoms with Gasteiger partial charge in [-0.2, -0.15) is 0 Å². The second kappa shape index (κ2) is 33.4. The average molecular weight is 680 g/mol. The summed E-state index contributed by atoms with van der Waals surface area (Å²) in [6.45, 7) is 3.20.